The highest BCUT2D eigenvalue weighted by molar-refractivity contribution is 5.85. The third-order valence-electron chi connectivity index (χ3n) is 3.18. The van der Waals surface area contributed by atoms with Crippen molar-refractivity contribution in [1.29, 1.82) is 0 Å². The molecule has 1 amide bonds. The van der Waals surface area contributed by atoms with Gasteiger partial charge in [0.15, 0.2) is 0 Å². The molecule has 0 saturated carbocycles. The Morgan fingerprint density at radius 1 is 1.50 bits per heavy atom. The van der Waals surface area contributed by atoms with Crippen LogP contribution in [-0.4, -0.2) is 51.5 Å². The van der Waals surface area contributed by atoms with Crippen LogP contribution in [0.4, 0.5) is 0 Å². The molecule has 2 unspecified atom stereocenters. The van der Waals surface area contributed by atoms with E-state index in [1.807, 2.05) is 31.2 Å². The smallest absolute Gasteiger partial charge is 0.239 e. The Labute approximate surface area is 136 Å². The van der Waals surface area contributed by atoms with Crippen molar-refractivity contribution in [2.45, 2.75) is 19.1 Å². The fourth-order valence-electron chi connectivity index (χ4n) is 2.05. The summed E-state index contributed by atoms with van der Waals surface area (Å²) in [6.45, 7) is 4.11. The number of ether oxygens (including phenoxy) is 3. The molecular formula is C15H23ClN2O4. The molecule has 1 aromatic carbocycles. The monoisotopic (exact) mass is 330 g/mol. The number of morpholine rings is 1. The average molecular weight is 331 g/mol. The van der Waals surface area contributed by atoms with Crippen molar-refractivity contribution in [3.8, 4) is 11.5 Å². The number of carbonyl (C=O) groups is 1. The molecule has 2 N–H and O–H groups in total. The quantitative estimate of drug-likeness (QED) is 0.814. The van der Waals surface area contributed by atoms with Crippen molar-refractivity contribution in [3.63, 3.8) is 0 Å². The molecule has 1 aromatic rings. The Balaban J connectivity index is 0.00000242. The lowest BCUT2D eigenvalue weighted by molar-refractivity contribution is -0.126. The average Bonchev–Trinajstić information content (AvgIpc) is 2.53. The number of rotatable bonds is 6. The van der Waals surface area contributed by atoms with Gasteiger partial charge >= 0.3 is 0 Å². The molecule has 0 aromatic heterocycles. The summed E-state index contributed by atoms with van der Waals surface area (Å²) in [6.07, 6.45) is -0.134. The summed E-state index contributed by atoms with van der Waals surface area (Å²) in [5, 5.41) is 5.98. The molecule has 124 valence electrons. The van der Waals surface area contributed by atoms with Crippen molar-refractivity contribution < 1.29 is 19.0 Å². The lowest BCUT2D eigenvalue weighted by Gasteiger charge is -2.24. The summed E-state index contributed by atoms with van der Waals surface area (Å²) in [4.78, 5) is 11.9. The highest BCUT2D eigenvalue weighted by Gasteiger charge is 2.21. The van der Waals surface area contributed by atoms with Gasteiger partial charge in [0, 0.05) is 12.6 Å². The van der Waals surface area contributed by atoms with Crippen LogP contribution in [-0.2, 0) is 9.53 Å². The molecule has 2 atom stereocenters. The van der Waals surface area contributed by atoms with Gasteiger partial charge in [0.2, 0.25) is 5.91 Å². The number of benzene rings is 1. The fraction of sp³-hybridized carbons (Fsp3) is 0.533. The molecule has 1 aliphatic rings. The van der Waals surface area contributed by atoms with Crippen LogP contribution in [0.15, 0.2) is 24.3 Å². The van der Waals surface area contributed by atoms with Crippen LogP contribution in [0.25, 0.3) is 0 Å². The molecule has 1 saturated heterocycles. The Hall–Kier alpha value is -1.50. The Kier molecular flexibility index (Phi) is 8.01. The molecule has 1 fully saturated rings. The molecule has 0 bridgehead atoms. The van der Waals surface area contributed by atoms with E-state index >= 15 is 0 Å². The molecule has 1 aliphatic heterocycles. The first kappa shape index (κ1) is 18.5. The van der Waals surface area contributed by atoms with Crippen LogP contribution in [0, 0.1) is 0 Å². The second-order valence-corrected chi connectivity index (χ2v) is 4.93. The number of amides is 1. The number of halogens is 1. The van der Waals surface area contributed by atoms with Crippen LogP contribution >= 0.6 is 12.4 Å². The molecule has 0 aliphatic carbocycles. The van der Waals surface area contributed by atoms with Crippen molar-refractivity contribution in [2.75, 3.05) is 33.4 Å². The van der Waals surface area contributed by atoms with E-state index in [0.29, 0.717) is 26.3 Å². The van der Waals surface area contributed by atoms with Crippen molar-refractivity contribution in [2.24, 2.45) is 0 Å². The van der Waals surface area contributed by atoms with E-state index in [-0.39, 0.29) is 30.5 Å². The predicted molar refractivity (Wildman–Crippen MR) is 86.0 cm³/mol. The summed E-state index contributed by atoms with van der Waals surface area (Å²) < 4.78 is 16.2. The minimum atomic E-state index is -0.275. The highest BCUT2D eigenvalue weighted by atomic mass is 35.5. The zero-order valence-corrected chi connectivity index (χ0v) is 13.7. The van der Waals surface area contributed by atoms with E-state index in [0.717, 1.165) is 11.5 Å². The van der Waals surface area contributed by atoms with Crippen LogP contribution in [0.3, 0.4) is 0 Å². The third-order valence-corrected chi connectivity index (χ3v) is 3.18. The molecule has 7 heteroatoms. The van der Waals surface area contributed by atoms with E-state index in [4.69, 9.17) is 14.2 Å². The maximum atomic E-state index is 11.9. The van der Waals surface area contributed by atoms with Gasteiger partial charge in [-0.2, -0.15) is 0 Å². The second-order valence-electron chi connectivity index (χ2n) is 4.93. The van der Waals surface area contributed by atoms with Crippen LogP contribution in [0.2, 0.25) is 0 Å². The molecule has 2 rings (SSSR count). The highest BCUT2D eigenvalue weighted by Crippen LogP contribution is 2.19. The van der Waals surface area contributed by atoms with E-state index < -0.39 is 0 Å². The van der Waals surface area contributed by atoms with Gasteiger partial charge in [-0.1, -0.05) is 6.07 Å². The van der Waals surface area contributed by atoms with Gasteiger partial charge in [0.05, 0.1) is 26.9 Å². The zero-order valence-electron chi connectivity index (χ0n) is 12.8. The number of carbonyl (C=O) groups excluding carboxylic acids is 1. The van der Waals surface area contributed by atoms with Gasteiger partial charge in [-0.3, -0.25) is 4.79 Å². The van der Waals surface area contributed by atoms with Gasteiger partial charge in [-0.15, -0.1) is 12.4 Å². The van der Waals surface area contributed by atoms with Crippen molar-refractivity contribution in [1.82, 2.24) is 10.6 Å². The first-order chi connectivity index (χ1) is 10.2. The summed E-state index contributed by atoms with van der Waals surface area (Å²) in [6, 6.07) is 7.12. The lowest BCUT2D eigenvalue weighted by atomic mass is 10.2. The zero-order chi connectivity index (χ0) is 15.1. The normalized spacial score (nSPS) is 18.7. The Morgan fingerprint density at radius 3 is 2.95 bits per heavy atom. The van der Waals surface area contributed by atoms with E-state index in [9.17, 15) is 4.79 Å². The molecular weight excluding hydrogens is 308 g/mol. The minimum Gasteiger partial charge on any atom is -0.497 e. The Morgan fingerprint density at radius 2 is 2.27 bits per heavy atom. The van der Waals surface area contributed by atoms with Crippen LogP contribution in [0.5, 0.6) is 11.5 Å². The molecule has 22 heavy (non-hydrogen) atoms. The lowest BCUT2D eigenvalue weighted by Crippen LogP contribution is -2.52. The largest absolute Gasteiger partial charge is 0.497 e. The topological polar surface area (TPSA) is 68.8 Å². The third kappa shape index (κ3) is 5.71. The Bertz CT molecular complexity index is 467. The maximum Gasteiger partial charge on any atom is 0.239 e. The first-order valence-corrected chi connectivity index (χ1v) is 7.08. The summed E-state index contributed by atoms with van der Waals surface area (Å²) in [7, 11) is 1.61. The van der Waals surface area contributed by atoms with Crippen LogP contribution < -0.4 is 20.1 Å². The fourth-order valence-corrected chi connectivity index (χ4v) is 2.05. The van der Waals surface area contributed by atoms with E-state index in [2.05, 4.69) is 10.6 Å². The summed E-state index contributed by atoms with van der Waals surface area (Å²) in [5.74, 6) is 1.40. The standard InChI is InChI=1S/C15H22N2O4.ClH/c1-11(21-13-5-3-4-12(8-13)19-2)9-17-15(18)14-10-20-7-6-16-14;/h3-5,8,11,14,16H,6-7,9-10H2,1-2H3,(H,17,18);1H. The van der Waals surface area contributed by atoms with Crippen LogP contribution in [0.1, 0.15) is 6.92 Å². The van der Waals surface area contributed by atoms with E-state index in [1.54, 1.807) is 7.11 Å². The number of hydrogen-bond acceptors (Lipinski definition) is 5. The van der Waals surface area contributed by atoms with Gasteiger partial charge in [-0.05, 0) is 19.1 Å². The molecule has 0 radical (unpaired) electrons. The second kappa shape index (κ2) is 9.50. The van der Waals surface area contributed by atoms with Gasteiger partial charge in [-0.25, -0.2) is 0 Å². The minimum absolute atomic E-state index is 0. The van der Waals surface area contributed by atoms with Crippen molar-refractivity contribution >= 4 is 18.3 Å². The van der Waals surface area contributed by atoms with E-state index in [1.165, 1.54) is 0 Å². The van der Waals surface area contributed by atoms with Gasteiger partial charge in [0.25, 0.3) is 0 Å². The van der Waals surface area contributed by atoms with Gasteiger partial charge < -0.3 is 24.8 Å². The molecule has 6 nitrogen and oxygen atoms in total. The summed E-state index contributed by atoms with van der Waals surface area (Å²) >= 11 is 0. The van der Waals surface area contributed by atoms with Crippen molar-refractivity contribution in [3.05, 3.63) is 24.3 Å². The van der Waals surface area contributed by atoms with Gasteiger partial charge in [0.1, 0.15) is 23.6 Å². The predicted octanol–water partition coefficient (Wildman–Crippen LogP) is 0.989. The maximum absolute atomic E-state index is 11.9. The number of nitrogens with one attached hydrogen (secondary N) is 2. The first-order valence-electron chi connectivity index (χ1n) is 7.08. The number of methoxy groups -OCH3 is 1. The molecule has 0 spiro atoms. The molecule has 1 heterocycles. The number of hydrogen-bond donors (Lipinski definition) is 2. The summed E-state index contributed by atoms with van der Waals surface area (Å²) in [5.41, 5.74) is 0. The SMILES string of the molecule is COc1cccc(OC(C)CNC(=O)C2COCCN2)c1.Cl.